The molecular weight excluding hydrogens is 253 g/mol. The summed E-state index contributed by atoms with van der Waals surface area (Å²) in [5, 5.41) is 3.30. The van der Waals surface area contributed by atoms with E-state index in [0.717, 1.165) is 24.8 Å². The van der Waals surface area contributed by atoms with E-state index in [1.165, 1.54) is 51.5 Å². The van der Waals surface area contributed by atoms with Crippen molar-refractivity contribution in [1.29, 1.82) is 0 Å². The van der Waals surface area contributed by atoms with Crippen LogP contribution in [0.25, 0.3) is 0 Å². The third-order valence-corrected chi connectivity index (χ3v) is 4.49. The normalized spacial score (nSPS) is 24.4. The molecule has 1 unspecified atom stereocenters. The Labute approximate surface area is 120 Å². The maximum Gasteiger partial charge on any atom is 0.125 e. The topological polar surface area (TPSA) is 18.5 Å². The minimum atomic E-state index is -0.176. The number of likely N-dealkylation sites (tertiary alicyclic amines) is 2. The Morgan fingerprint density at radius 3 is 2.85 bits per heavy atom. The molecule has 0 radical (unpaired) electrons. The van der Waals surface area contributed by atoms with Crippen LogP contribution in [-0.4, -0.2) is 55.1 Å². The van der Waals surface area contributed by atoms with Crippen LogP contribution in [0.5, 0.6) is 0 Å². The van der Waals surface area contributed by atoms with Gasteiger partial charge in [-0.25, -0.2) is 4.39 Å². The van der Waals surface area contributed by atoms with E-state index in [4.69, 9.17) is 0 Å². The molecule has 3 nitrogen and oxygen atoms in total. The van der Waals surface area contributed by atoms with Gasteiger partial charge in [-0.1, -0.05) is 6.07 Å². The van der Waals surface area contributed by atoms with Crippen LogP contribution in [0.4, 0.5) is 10.1 Å². The van der Waals surface area contributed by atoms with Gasteiger partial charge < -0.3 is 5.32 Å². The van der Waals surface area contributed by atoms with Crippen LogP contribution in [0, 0.1) is 5.82 Å². The van der Waals surface area contributed by atoms with Crippen molar-refractivity contribution in [2.45, 2.75) is 25.3 Å². The average Bonchev–Trinajstić information content (AvgIpc) is 3.09. The molecule has 3 rings (SSSR count). The Balaban J connectivity index is 1.39. The lowest BCUT2D eigenvalue weighted by Gasteiger charge is -2.23. The highest BCUT2D eigenvalue weighted by Gasteiger charge is 2.28. The molecule has 1 aromatic carbocycles. The first kappa shape index (κ1) is 13.8. The summed E-state index contributed by atoms with van der Waals surface area (Å²) in [6.45, 7) is 6.91. The zero-order valence-electron chi connectivity index (χ0n) is 12.0. The summed E-state index contributed by atoms with van der Waals surface area (Å²) in [4.78, 5) is 5.18. The van der Waals surface area contributed by atoms with Crippen LogP contribution in [0.15, 0.2) is 24.3 Å². The van der Waals surface area contributed by atoms with Gasteiger partial charge in [0.15, 0.2) is 0 Å². The molecule has 2 aliphatic rings. The summed E-state index contributed by atoms with van der Waals surface area (Å²) in [7, 11) is 0. The molecule has 2 fully saturated rings. The molecule has 1 N–H and O–H groups in total. The molecule has 1 atom stereocenters. The van der Waals surface area contributed by atoms with Crippen LogP contribution < -0.4 is 5.32 Å². The highest BCUT2D eigenvalue weighted by Crippen LogP contribution is 2.20. The predicted octanol–water partition coefficient (Wildman–Crippen LogP) is 2.41. The Morgan fingerprint density at radius 1 is 1.20 bits per heavy atom. The fourth-order valence-electron chi connectivity index (χ4n) is 3.38. The Hall–Kier alpha value is -1.13. The fourth-order valence-corrected chi connectivity index (χ4v) is 3.38. The van der Waals surface area contributed by atoms with Gasteiger partial charge in [-0.2, -0.15) is 0 Å². The number of hydrogen-bond donors (Lipinski definition) is 1. The van der Waals surface area contributed by atoms with Crippen molar-refractivity contribution >= 4 is 5.69 Å². The van der Waals surface area contributed by atoms with Gasteiger partial charge in [-0.3, -0.25) is 9.80 Å². The summed E-state index contributed by atoms with van der Waals surface area (Å²) in [5.74, 6) is -0.176. The van der Waals surface area contributed by atoms with Gasteiger partial charge in [-0.05, 0) is 57.1 Å². The Bertz CT molecular complexity index is 431. The quantitative estimate of drug-likeness (QED) is 0.891. The maximum absolute atomic E-state index is 13.1. The second kappa shape index (κ2) is 6.55. The van der Waals surface area contributed by atoms with E-state index >= 15 is 0 Å². The van der Waals surface area contributed by atoms with E-state index in [2.05, 4.69) is 15.1 Å². The zero-order chi connectivity index (χ0) is 13.8. The first-order valence-electron chi connectivity index (χ1n) is 7.77. The van der Waals surface area contributed by atoms with E-state index in [-0.39, 0.29) is 5.82 Å². The van der Waals surface area contributed by atoms with Gasteiger partial charge in [-0.15, -0.1) is 0 Å². The van der Waals surface area contributed by atoms with E-state index in [9.17, 15) is 4.39 Å². The molecular formula is C16H24FN3. The molecule has 0 aromatic heterocycles. The average molecular weight is 277 g/mol. The Kier molecular flexibility index (Phi) is 4.53. The summed E-state index contributed by atoms with van der Waals surface area (Å²) >= 11 is 0. The second-order valence-corrected chi connectivity index (χ2v) is 5.92. The molecule has 0 saturated carbocycles. The van der Waals surface area contributed by atoms with Crippen molar-refractivity contribution < 1.29 is 4.39 Å². The zero-order valence-corrected chi connectivity index (χ0v) is 12.0. The van der Waals surface area contributed by atoms with Crippen molar-refractivity contribution in [2.24, 2.45) is 0 Å². The van der Waals surface area contributed by atoms with Gasteiger partial charge in [0.1, 0.15) is 5.82 Å². The van der Waals surface area contributed by atoms with E-state index < -0.39 is 0 Å². The molecule has 20 heavy (non-hydrogen) atoms. The van der Waals surface area contributed by atoms with E-state index in [1.54, 1.807) is 12.1 Å². The molecule has 2 saturated heterocycles. The second-order valence-electron chi connectivity index (χ2n) is 5.92. The predicted molar refractivity (Wildman–Crippen MR) is 80.5 cm³/mol. The van der Waals surface area contributed by atoms with Crippen molar-refractivity contribution in [3.63, 3.8) is 0 Å². The summed E-state index contributed by atoms with van der Waals surface area (Å²) < 4.78 is 13.1. The molecule has 1 aromatic rings. The lowest BCUT2D eigenvalue weighted by atomic mass is 10.2. The minimum Gasteiger partial charge on any atom is -0.384 e. The first-order chi connectivity index (χ1) is 9.81. The van der Waals surface area contributed by atoms with Crippen LogP contribution in [0.3, 0.4) is 0 Å². The molecule has 0 bridgehead atoms. The summed E-state index contributed by atoms with van der Waals surface area (Å²) in [5.41, 5.74) is 0.875. The Morgan fingerprint density at radius 2 is 2.05 bits per heavy atom. The number of nitrogens with one attached hydrogen (secondary N) is 1. The third-order valence-electron chi connectivity index (χ3n) is 4.49. The summed E-state index contributed by atoms with van der Waals surface area (Å²) in [6, 6.07) is 7.46. The number of benzene rings is 1. The number of halogens is 1. The van der Waals surface area contributed by atoms with Crippen molar-refractivity contribution in [3.8, 4) is 0 Å². The minimum absolute atomic E-state index is 0.176. The monoisotopic (exact) mass is 277 g/mol. The smallest absolute Gasteiger partial charge is 0.125 e. The maximum atomic E-state index is 13.1. The third kappa shape index (κ3) is 3.49. The van der Waals surface area contributed by atoms with Crippen LogP contribution in [0.1, 0.15) is 19.3 Å². The largest absolute Gasteiger partial charge is 0.384 e. The molecule has 4 heteroatoms. The van der Waals surface area contributed by atoms with Crippen LogP contribution in [0.2, 0.25) is 0 Å². The molecule has 0 amide bonds. The highest BCUT2D eigenvalue weighted by molar-refractivity contribution is 5.42. The fraction of sp³-hybridized carbons (Fsp3) is 0.625. The first-order valence-corrected chi connectivity index (χ1v) is 7.77. The van der Waals surface area contributed by atoms with Gasteiger partial charge in [0.25, 0.3) is 0 Å². The van der Waals surface area contributed by atoms with Crippen LogP contribution >= 0.6 is 0 Å². The van der Waals surface area contributed by atoms with Crippen molar-refractivity contribution in [3.05, 3.63) is 30.1 Å². The van der Waals surface area contributed by atoms with Gasteiger partial charge >= 0.3 is 0 Å². The van der Waals surface area contributed by atoms with Gasteiger partial charge in [0.2, 0.25) is 0 Å². The number of hydrogen-bond acceptors (Lipinski definition) is 3. The van der Waals surface area contributed by atoms with E-state index in [0.29, 0.717) is 0 Å². The SMILES string of the molecule is Fc1cccc(NCCN2CCC(N3CCCC3)C2)c1. The van der Waals surface area contributed by atoms with E-state index in [1.807, 2.05) is 6.07 Å². The molecule has 110 valence electrons. The summed E-state index contributed by atoms with van der Waals surface area (Å²) in [6.07, 6.45) is 4.05. The van der Waals surface area contributed by atoms with Gasteiger partial charge in [0.05, 0.1) is 0 Å². The standard InChI is InChI=1S/C16H24FN3/c17-14-4-3-5-15(12-14)18-7-11-19-10-6-16(13-19)20-8-1-2-9-20/h3-5,12,16,18H,1-2,6-11,13H2. The lowest BCUT2D eigenvalue weighted by Crippen LogP contribution is -2.36. The highest BCUT2D eigenvalue weighted by atomic mass is 19.1. The number of nitrogens with zero attached hydrogens (tertiary/aromatic N) is 2. The lowest BCUT2D eigenvalue weighted by molar-refractivity contribution is 0.234. The number of anilines is 1. The molecule has 2 heterocycles. The molecule has 0 aliphatic carbocycles. The molecule has 2 aliphatic heterocycles. The van der Waals surface area contributed by atoms with Gasteiger partial charge in [0, 0.05) is 31.4 Å². The van der Waals surface area contributed by atoms with Crippen molar-refractivity contribution in [2.75, 3.05) is 44.6 Å². The molecule has 0 spiro atoms. The van der Waals surface area contributed by atoms with Crippen LogP contribution in [-0.2, 0) is 0 Å². The van der Waals surface area contributed by atoms with Crippen molar-refractivity contribution in [1.82, 2.24) is 9.80 Å². The number of rotatable bonds is 5.